The molecule has 2 aliphatic heterocycles. The number of hydrogen-bond donors (Lipinski definition) is 1. The average molecular weight is 511 g/mol. The van der Waals surface area contributed by atoms with E-state index in [-0.39, 0.29) is 29.8 Å². The molecule has 0 aliphatic carbocycles. The molecular formula is C27H38N6O4. The Hall–Kier alpha value is -3.24. The van der Waals surface area contributed by atoms with Gasteiger partial charge in [0.1, 0.15) is 5.69 Å². The van der Waals surface area contributed by atoms with Gasteiger partial charge in [0.25, 0.3) is 11.8 Å². The summed E-state index contributed by atoms with van der Waals surface area (Å²) in [6, 6.07) is 9.66. The number of amides is 3. The lowest BCUT2D eigenvalue weighted by Gasteiger charge is -2.26. The Labute approximate surface area is 218 Å². The lowest BCUT2D eigenvalue weighted by Crippen LogP contribution is -2.42. The smallest absolute Gasteiger partial charge is 0.274 e. The third kappa shape index (κ3) is 6.95. The van der Waals surface area contributed by atoms with Gasteiger partial charge in [-0.1, -0.05) is 24.3 Å². The molecule has 0 atom stereocenters. The van der Waals surface area contributed by atoms with Crippen LogP contribution in [0.3, 0.4) is 0 Å². The summed E-state index contributed by atoms with van der Waals surface area (Å²) in [5, 5.41) is 7.42. The molecule has 3 amide bonds. The quantitative estimate of drug-likeness (QED) is 0.521. The summed E-state index contributed by atoms with van der Waals surface area (Å²) < 4.78 is 6.99. The average Bonchev–Trinajstić information content (AvgIpc) is 3.28. The van der Waals surface area contributed by atoms with Crippen LogP contribution in [0, 0.1) is 6.92 Å². The van der Waals surface area contributed by atoms with E-state index < -0.39 is 0 Å². The number of benzene rings is 1. The monoisotopic (exact) mass is 510 g/mol. The number of rotatable bonds is 10. The van der Waals surface area contributed by atoms with Gasteiger partial charge in [-0.15, -0.1) is 0 Å². The van der Waals surface area contributed by atoms with Gasteiger partial charge in [-0.05, 0) is 31.4 Å². The van der Waals surface area contributed by atoms with Crippen molar-refractivity contribution in [2.45, 2.75) is 39.8 Å². The van der Waals surface area contributed by atoms with Gasteiger partial charge >= 0.3 is 0 Å². The zero-order valence-electron chi connectivity index (χ0n) is 21.9. The molecule has 3 heterocycles. The molecule has 10 nitrogen and oxygen atoms in total. The summed E-state index contributed by atoms with van der Waals surface area (Å²) in [6.45, 7) is 11.0. The van der Waals surface area contributed by atoms with E-state index in [0.717, 1.165) is 50.4 Å². The van der Waals surface area contributed by atoms with Crippen LogP contribution in [-0.4, -0.2) is 101 Å². The van der Waals surface area contributed by atoms with E-state index >= 15 is 0 Å². The maximum Gasteiger partial charge on any atom is 0.274 e. The van der Waals surface area contributed by atoms with Crippen molar-refractivity contribution in [3.63, 3.8) is 0 Å². The van der Waals surface area contributed by atoms with Gasteiger partial charge in [0, 0.05) is 71.4 Å². The lowest BCUT2D eigenvalue weighted by molar-refractivity contribution is -0.121. The van der Waals surface area contributed by atoms with E-state index in [1.54, 1.807) is 15.6 Å². The largest absolute Gasteiger partial charge is 0.379 e. The second-order valence-corrected chi connectivity index (χ2v) is 9.58. The third-order valence-corrected chi connectivity index (χ3v) is 7.06. The Kier molecular flexibility index (Phi) is 9.29. The molecular weight excluding hydrogens is 472 g/mol. The van der Waals surface area contributed by atoms with E-state index in [1.165, 1.54) is 0 Å². The maximum atomic E-state index is 13.3. The minimum Gasteiger partial charge on any atom is -0.379 e. The second kappa shape index (κ2) is 12.8. The van der Waals surface area contributed by atoms with E-state index in [2.05, 4.69) is 15.3 Å². The van der Waals surface area contributed by atoms with Gasteiger partial charge in [0.05, 0.1) is 13.2 Å². The molecule has 1 N–H and O–H groups in total. The number of fused-ring (bicyclic) bond motifs is 1. The zero-order valence-corrected chi connectivity index (χ0v) is 21.9. The number of nitrogens with one attached hydrogen (secondary N) is 1. The molecule has 0 bridgehead atoms. The lowest BCUT2D eigenvalue weighted by atomic mass is 10.1. The van der Waals surface area contributed by atoms with Gasteiger partial charge in [-0.2, -0.15) is 5.10 Å². The van der Waals surface area contributed by atoms with Crippen LogP contribution in [0.5, 0.6) is 0 Å². The van der Waals surface area contributed by atoms with Gasteiger partial charge < -0.3 is 19.9 Å². The normalized spacial score (nSPS) is 16.3. The third-order valence-electron chi connectivity index (χ3n) is 7.06. The van der Waals surface area contributed by atoms with Crippen LogP contribution < -0.4 is 5.32 Å². The minimum absolute atomic E-state index is 0.0813. The van der Waals surface area contributed by atoms with Crippen molar-refractivity contribution in [3.8, 4) is 0 Å². The first-order chi connectivity index (χ1) is 18.0. The number of carbonyl (C=O) groups excluding carboxylic acids is 3. The Balaban J connectivity index is 1.32. The summed E-state index contributed by atoms with van der Waals surface area (Å²) in [7, 11) is 0. The molecule has 10 heteroatoms. The number of ether oxygens (including phenoxy) is 1. The van der Waals surface area contributed by atoms with Crippen LogP contribution in [0.1, 0.15) is 51.9 Å². The van der Waals surface area contributed by atoms with E-state index in [4.69, 9.17) is 4.74 Å². The molecule has 37 heavy (non-hydrogen) atoms. The number of carbonyl (C=O) groups is 3. The fourth-order valence-corrected chi connectivity index (χ4v) is 4.75. The first-order valence-electron chi connectivity index (χ1n) is 13.2. The van der Waals surface area contributed by atoms with Gasteiger partial charge in [0.2, 0.25) is 5.91 Å². The molecule has 200 valence electrons. The highest BCUT2D eigenvalue weighted by atomic mass is 16.5. The highest BCUT2D eigenvalue weighted by Gasteiger charge is 2.28. The van der Waals surface area contributed by atoms with Crippen LogP contribution in [0.4, 0.5) is 0 Å². The molecule has 0 radical (unpaired) electrons. The van der Waals surface area contributed by atoms with E-state index in [1.807, 2.05) is 43.0 Å². The van der Waals surface area contributed by atoms with Crippen molar-refractivity contribution < 1.29 is 19.1 Å². The number of hydrogen-bond acceptors (Lipinski definition) is 6. The second-order valence-electron chi connectivity index (χ2n) is 9.58. The van der Waals surface area contributed by atoms with Crippen LogP contribution in [-0.2, 0) is 22.6 Å². The fraction of sp³-hybridized carbons (Fsp3) is 0.556. The SMILES string of the molecule is CCN(CCC(=O)NCCN1CCOCC1)C(=O)c1cc2n(n1)CCCN(Cc1ccccc1C)C2=O. The fourth-order valence-electron chi connectivity index (χ4n) is 4.75. The molecule has 1 aromatic heterocycles. The van der Waals surface area contributed by atoms with Gasteiger partial charge in [0.15, 0.2) is 5.69 Å². The minimum atomic E-state index is -0.262. The van der Waals surface area contributed by atoms with Crippen molar-refractivity contribution in [1.82, 2.24) is 29.8 Å². The Morgan fingerprint density at radius 3 is 2.68 bits per heavy atom. The molecule has 1 fully saturated rings. The summed E-state index contributed by atoms with van der Waals surface area (Å²) >= 11 is 0. The summed E-state index contributed by atoms with van der Waals surface area (Å²) in [4.78, 5) is 44.6. The van der Waals surface area contributed by atoms with Crippen molar-refractivity contribution >= 4 is 17.7 Å². The van der Waals surface area contributed by atoms with Crippen molar-refractivity contribution in [3.05, 3.63) is 52.8 Å². The van der Waals surface area contributed by atoms with Crippen LogP contribution in [0.2, 0.25) is 0 Å². The van der Waals surface area contributed by atoms with Crippen LogP contribution >= 0.6 is 0 Å². The van der Waals surface area contributed by atoms with Crippen molar-refractivity contribution in [2.75, 3.05) is 59.0 Å². The van der Waals surface area contributed by atoms with Crippen molar-refractivity contribution in [2.24, 2.45) is 0 Å². The van der Waals surface area contributed by atoms with Crippen molar-refractivity contribution in [1.29, 1.82) is 0 Å². The van der Waals surface area contributed by atoms with Crippen LogP contribution in [0.25, 0.3) is 0 Å². The first kappa shape index (κ1) is 26.8. The zero-order chi connectivity index (χ0) is 26.2. The predicted molar refractivity (Wildman–Crippen MR) is 139 cm³/mol. The summed E-state index contributed by atoms with van der Waals surface area (Å²) in [5.74, 6) is -0.459. The molecule has 2 aliphatic rings. The molecule has 0 saturated carbocycles. The number of morpholine rings is 1. The highest BCUT2D eigenvalue weighted by Crippen LogP contribution is 2.19. The molecule has 1 aromatic carbocycles. The maximum absolute atomic E-state index is 13.3. The predicted octanol–water partition coefficient (Wildman–Crippen LogP) is 1.54. The number of aromatic nitrogens is 2. The molecule has 1 saturated heterocycles. The van der Waals surface area contributed by atoms with E-state index in [0.29, 0.717) is 45.0 Å². The van der Waals surface area contributed by atoms with Gasteiger partial charge in [-0.3, -0.25) is 24.0 Å². The molecule has 0 unspecified atom stereocenters. The molecule has 0 spiro atoms. The topological polar surface area (TPSA) is 100 Å². The Bertz CT molecular complexity index is 1090. The van der Waals surface area contributed by atoms with Crippen LogP contribution in [0.15, 0.2) is 30.3 Å². The Morgan fingerprint density at radius 2 is 1.92 bits per heavy atom. The number of nitrogens with zero attached hydrogens (tertiary/aromatic N) is 5. The van der Waals surface area contributed by atoms with E-state index in [9.17, 15) is 14.4 Å². The Morgan fingerprint density at radius 1 is 1.14 bits per heavy atom. The summed E-state index contributed by atoms with van der Waals surface area (Å²) in [6.07, 6.45) is 0.988. The highest BCUT2D eigenvalue weighted by molar-refractivity contribution is 5.98. The summed E-state index contributed by atoms with van der Waals surface area (Å²) in [5.41, 5.74) is 2.94. The number of aryl methyl sites for hydroxylation is 2. The van der Waals surface area contributed by atoms with Gasteiger partial charge in [-0.25, -0.2) is 0 Å². The standard InChI is InChI=1S/C27H38N6O4/c1-3-31(13-9-25(34)28-10-14-30-15-17-37-18-16-30)26(35)23-19-24-27(36)32(11-6-12-33(24)29-23)20-22-8-5-4-7-21(22)2/h4-5,7-8,19H,3,6,9-18,20H2,1-2H3,(H,28,34). The molecule has 4 rings (SSSR count). The molecule has 2 aromatic rings. The first-order valence-corrected chi connectivity index (χ1v) is 13.2.